The number of ether oxygens (including phenoxy) is 1. The Balaban J connectivity index is 2.50. The summed E-state index contributed by atoms with van der Waals surface area (Å²) in [7, 11) is 0. The highest BCUT2D eigenvalue weighted by Gasteiger charge is 2.41. The number of hydrogen-bond donors (Lipinski definition) is 3. The molecule has 0 aromatic heterocycles. The van der Waals surface area contributed by atoms with Crippen LogP contribution in [0.15, 0.2) is 0 Å². The number of hydrogen-bond acceptors (Lipinski definition) is 4. The van der Waals surface area contributed by atoms with Gasteiger partial charge in [0, 0.05) is 32.1 Å². The molecular weight excluding hydrogens is 236 g/mol. The highest BCUT2D eigenvalue weighted by molar-refractivity contribution is 5.88. The van der Waals surface area contributed by atoms with E-state index in [-0.39, 0.29) is 18.5 Å². The summed E-state index contributed by atoms with van der Waals surface area (Å²) in [5, 5.41) is 14.9. The van der Waals surface area contributed by atoms with Gasteiger partial charge in [-0.2, -0.15) is 0 Å². The van der Waals surface area contributed by atoms with E-state index in [1.807, 2.05) is 13.8 Å². The van der Waals surface area contributed by atoms with E-state index >= 15 is 0 Å². The summed E-state index contributed by atoms with van der Waals surface area (Å²) in [5.74, 6) is -1.26. The minimum atomic E-state index is -1.16. The van der Waals surface area contributed by atoms with Crippen LogP contribution in [0.2, 0.25) is 0 Å². The highest BCUT2D eigenvalue weighted by atomic mass is 16.5. The van der Waals surface area contributed by atoms with Gasteiger partial charge in [-0.1, -0.05) is 6.92 Å². The van der Waals surface area contributed by atoms with Crippen LogP contribution in [0, 0.1) is 0 Å². The molecule has 0 aromatic carbocycles. The molecule has 1 atom stereocenters. The first kappa shape index (κ1) is 14.9. The number of carbonyl (C=O) groups excluding carboxylic acids is 1. The predicted molar refractivity (Wildman–Crippen MR) is 66.3 cm³/mol. The quantitative estimate of drug-likeness (QED) is 0.630. The van der Waals surface area contributed by atoms with E-state index in [9.17, 15) is 14.7 Å². The fourth-order valence-electron chi connectivity index (χ4n) is 1.83. The topological polar surface area (TPSA) is 87.7 Å². The molecule has 1 unspecified atom stereocenters. The molecule has 6 heteroatoms. The molecule has 0 saturated carbocycles. The largest absolute Gasteiger partial charge is 0.480 e. The minimum Gasteiger partial charge on any atom is -0.480 e. The third-order valence-corrected chi connectivity index (χ3v) is 3.36. The van der Waals surface area contributed by atoms with Gasteiger partial charge in [-0.25, -0.2) is 4.79 Å². The van der Waals surface area contributed by atoms with Gasteiger partial charge in [-0.3, -0.25) is 4.79 Å². The second-order valence-corrected chi connectivity index (χ2v) is 4.74. The first-order chi connectivity index (χ1) is 8.50. The standard InChI is InChI=1S/C12H22N2O4/c1-3-9(2)13-8-10(15)14-12(11(16)17)4-6-18-7-5-12/h9,13H,3-8H2,1-2H3,(H,14,15)(H,16,17). The number of amides is 1. The molecule has 1 heterocycles. The summed E-state index contributed by atoms with van der Waals surface area (Å²) < 4.78 is 5.14. The van der Waals surface area contributed by atoms with Crippen LogP contribution in [0.1, 0.15) is 33.1 Å². The molecule has 1 amide bonds. The minimum absolute atomic E-state index is 0.144. The summed E-state index contributed by atoms with van der Waals surface area (Å²) in [4.78, 5) is 23.1. The van der Waals surface area contributed by atoms with Gasteiger partial charge in [0.15, 0.2) is 0 Å². The van der Waals surface area contributed by atoms with Crippen molar-refractivity contribution in [2.75, 3.05) is 19.8 Å². The summed E-state index contributed by atoms with van der Waals surface area (Å²) in [5.41, 5.74) is -1.16. The Hall–Kier alpha value is -1.14. The van der Waals surface area contributed by atoms with Crippen molar-refractivity contribution in [3.05, 3.63) is 0 Å². The Kier molecular flexibility index (Phi) is 5.55. The van der Waals surface area contributed by atoms with Crippen molar-refractivity contribution < 1.29 is 19.4 Å². The zero-order valence-electron chi connectivity index (χ0n) is 11.0. The second kappa shape index (κ2) is 6.70. The molecule has 104 valence electrons. The molecule has 1 rings (SSSR count). The third-order valence-electron chi connectivity index (χ3n) is 3.36. The zero-order valence-corrected chi connectivity index (χ0v) is 11.0. The van der Waals surface area contributed by atoms with Gasteiger partial charge in [0.25, 0.3) is 0 Å². The molecule has 0 radical (unpaired) electrons. The number of carboxylic acid groups (broad SMARTS) is 1. The van der Waals surface area contributed by atoms with Crippen molar-refractivity contribution in [2.45, 2.75) is 44.7 Å². The van der Waals surface area contributed by atoms with E-state index in [4.69, 9.17) is 4.74 Å². The van der Waals surface area contributed by atoms with Crippen LogP contribution in [-0.4, -0.2) is 48.3 Å². The molecule has 6 nitrogen and oxygen atoms in total. The molecule has 1 saturated heterocycles. The molecule has 1 fully saturated rings. The fraction of sp³-hybridized carbons (Fsp3) is 0.833. The van der Waals surface area contributed by atoms with Gasteiger partial charge < -0.3 is 20.5 Å². The maximum absolute atomic E-state index is 11.8. The summed E-state index contributed by atoms with van der Waals surface area (Å²) in [6.45, 7) is 4.88. The molecule has 0 aliphatic carbocycles. The van der Waals surface area contributed by atoms with Crippen LogP contribution >= 0.6 is 0 Å². The smallest absolute Gasteiger partial charge is 0.329 e. The van der Waals surface area contributed by atoms with Crippen LogP contribution in [0.3, 0.4) is 0 Å². The van der Waals surface area contributed by atoms with Gasteiger partial charge in [-0.15, -0.1) is 0 Å². The van der Waals surface area contributed by atoms with Crippen LogP contribution in [0.4, 0.5) is 0 Å². The van der Waals surface area contributed by atoms with E-state index in [2.05, 4.69) is 10.6 Å². The lowest BCUT2D eigenvalue weighted by Gasteiger charge is -2.34. The molecule has 1 aliphatic heterocycles. The molecule has 1 aliphatic rings. The molecule has 0 spiro atoms. The van der Waals surface area contributed by atoms with E-state index in [0.717, 1.165) is 6.42 Å². The van der Waals surface area contributed by atoms with Gasteiger partial charge in [0.05, 0.1) is 6.54 Å². The molecule has 0 bridgehead atoms. The second-order valence-electron chi connectivity index (χ2n) is 4.74. The van der Waals surface area contributed by atoms with Crippen molar-refractivity contribution in [1.29, 1.82) is 0 Å². The lowest BCUT2D eigenvalue weighted by atomic mass is 9.90. The van der Waals surface area contributed by atoms with Gasteiger partial charge >= 0.3 is 5.97 Å². The van der Waals surface area contributed by atoms with Crippen LogP contribution in [-0.2, 0) is 14.3 Å². The maximum atomic E-state index is 11.8. The van der Waals surface area contributed by atoms with Crippen LogP contribution < -0.4 is 10.6 Å². The van der Waals surface area contributed by atoms with Crippen molar-refractivity contribution in [2.24, 2.45) is 0 Å². The maximum Gasteiger partial charge on any atom is 0.329 e. The van der Waals surface area contributed by atoms with E-state index < -0.39 is 11.5 Å². The Morgan fingerprint density at radius 2 is 2.00 bits per heavy atom. The first-order valence-corrected chi connectivity index (χ1v) is 6.35. The molecule has 3 N–H and O–H groups in total. The number of rotatable bonds is 6. The van der Waals surface area contributed by atoms with Gasteiger partial charge in [0.1, 0.15) is 5.54 Å². The van der Waals surface area contributed by atoms with Crippen LogP contribution in [0.25, 0.3) is 0 Å². The number of aliphatic carboxylic acids is 1. The lowest BCUT2D eigenvalue weighted by Crippen LogP contribution is -2.59. The highest BCUT2D eigenvalue weighted by Crippen LogP contribution is 2.20. The number of nitrogens with one attached hydrogen (secondary N) is 2. The van der Waals surface area contributed by atoms with Crippen molar-refractivity contribution in [3.63, 3.8) is 0 Å². The average Bonchev–Trinajstić information content (AvgIpc) is 2.36. The van der Waals surface area contributed by atoms with Crippen molar-refractivity contribution in [1.82, 2.24) is 10.6 Å². The first-order valence-electron chi connectivity index (χ1n) is 6.35. The Morgan fingerprint density at radius 1 is 1.39 bits per heavy atom. The lowest BCUT2D eigenvalue weighted by molar-refractivity contribution is -0.152. The van der Waals surface area contributed by atoms with Crippen molar-refractivity contribution >= 4 is 11.9 Å². The summed E-state index contributed by atoms with van der Waals surface area (Å²) in [6, 6.07) is 0.242. The Morgan fingerprint density at radius 3 is 2.50 bits per heavy atom. The van der Waals surface area contributed by atoms with Crippen LogP contribution in [0.5, 0.6) is 0 Å². The van der Waals surface area contributed by atoms with E-state index in [1.165, 1.54) is 0 Å². The number of carboxylic acids is 1. The molecular formula is C12H22N2O4. The molecule has 0 aromatic rings. The Bertz CT molecular complexity index is 300. The van der Waals surface area contributed by atoms with Crippen molar-refractivity contribution in [3.8, 4) is 0 Å². The summed E-state index contributed by atoms with van der Waals surface area (Å²) in [6.07, 6.45) is 1.56. The third kappa shape index (κ3) is 3.96. The Labute approximate surface area is 107 Å². The van der Waals surface area contributed by atoms with Gasteiger partial charge in [-0.05, 0) is 13.3 Å². The molecule has 18 heavy (non-hydrogen) atoms. The number of carbonyl (C=O) groups is 2. The zero-order chi connectivity index (χ0) is 13.6. The SMILES string of the molecule is CCC(C)NCC(=O)NC1(C(=O)O)CCOCC1. The fourth-order valence-corrected chi connectivity index (χ4v) is 1.83. The monoisotopic (exact) mass is 258 g/mol. The summed E-state index contributed by atoms with van der Waals surface area (Å²) >= 11 is 0. The normalized spacial score (nSPS) is 20.1. The van der Waals surface area contributed by atoms with E-state index in [0.29, 0.717) is 26.1 Å². The van der Waals surface area contributed by atoms with E-state index in [1.54, 1.807) is 0 Å². The predicted octanol–water partition coefficient (Wildman–Crippen LogP) is 0.125. The average molecular weight is 258 g/mol. The van der Waals surface area contributed by atoms with Gasteiger partial charge in [0.2, 0.25) is 5.91 Å².